The Bertz CT molecular complexity index is 392. The molecule has 1 aromatic rings. The molecule has 104 valence electrons. The van der Waals surface area contributed by atoms with Crippen LogP contribution in [0.1, 0.15) is 12.8 Å². The fraction of sp³-hybridized carbons (Fsp3) is 0.600. The molecule has 2 saturated heterocycles. The molecule has 0 aromatic heterocycles. The third kappa shape index (κ3) is 3.25. The molecular formula is C15H23N3S. The number of rotatable bonds is 2. The Hall–Kier alpha value is -0.710. The number of benzene rings is 1. The molecular weight excluding hydrogens is 254 g/mol. The van der Waals surface area contributed by atoms with Crippen molar-refractivity contribution in [2.75, 3.05) is 44.2 Å². The second kappa shape index (κ2) is 6.16. The summed E-state index contributed by atoms with van der Waals surface area (Å²) in [4.78, 5) is 6.21. The van der Waals surface area contributed by atoms with E-state index in [9.17, 15) is 0 Å². The van der Waals surface area contributed by atoms with E-state index < -0.39 is 0 Å². The van der Waals surface area contributed by atoms with E-state index in [1.165, 1.54) is 44.7 Å². The van der Waals surface area contributed by atoms with Crippen LogP contribution < -0.4 is 10.2 Å². The molecule has 0 saturated carbocycles. The van der Waals surface area contributed by atoms with Crippen LogP contribution >= 0.6 is 12.6 Å². The van der Waals surface area contributed by atoms with Gasteiger partial charge in [-0.1, -0.05) is 0 Å². The molecule has 0 aliphatic carbocycles. The third-order valence-electron chi connectivity index (χ3n) is 4.35. The van der Waals surface area contributed by atoms with Crippen molar-refractivity contribution in [1.29, 1.82) is 0 Å². The maximum atomic E-state index is 4.35. The molecule has 0 unspecified atom stereocenters. The molecule has 1 aromatic carbocycles. The number of thiol groups is 1. The normalized spacial score (nSPS) is 22.7. The summed E-state index contributed by atoms with van der Waals surface area (Å²) in [7, 11) is 0. The van der Waals surface area contributed by atoms with Crippen LogP contribution in [0.15, 0.2) is 29.2 Å². The minimum Gasteiger partial charge on any atom is -0.369 e. The Kier molecular flexibility index (Phi) is 4.31. The summed E-state index contributed by atoms with van der Waals surface area (Å²) in [5.41, 5.74) is 1.34. The Morgan fingerprint density at radius 2 is 1.58 bits per heavy atom. The highest BCUT2D eigenvalue weighted by molar-refractivity contribution is 7.80. The van der Waals surface area contributed by atoms with Gasteiger partial charge in [-0.2, -0.15) is 0 Å². The molecule has 3 rings (SSSR count). The van der Waals surface area contributed by atoms with Crippen molar-refractivity contribution in [3.05, 3.63) is 24.3 Å². The highest BCUT2D eigenvalue weighted by atomic mass is 32.1. The van der Waals surface area contributed by atoms with E-state index in [4.69, 9.17) is 0 Å². The van der Waals surface area contributed by atoms with Gasteiger partial charge < -0.3 is 10.2 Å². The van der Waals surface area contributed by atoms with Crippen LogP contribution in [0.5, 0.6) is 0 Å². The van der Waals surface area contributed by atoms with Gasteiger partial charge in [0.15, 0.2) is 0 Å². The van der Waals surface area contributed by atoms with Crippen LogP contribution in [-0.4, -0.2) is 50.2 Å². The molecule has 0 spiro atoms. The van der Waals surface area contributed by atoms with Crippen molar-refractivity contribution in [3.8, 4) is 0 Å². The standard InChI is InChI=1S/C15H23N3S/c19-15-3-1-13(2-4-15)17-9-11-18(12-10-17)14-5-7-16-8-6-14/h1-4,14,16,19H,5-12H2. The lowest BCUT2D eigenvalue weighted by Gasteiger charge is -2.41. The summed E-state index contributed by atoms with van der Waals surface area (Å²) < 4.78 is 0. The molecule has 19 heavy (non-hydrogen) atoms. The first-order valence-corrected chi connectivity index (χ1v) is 7.76. The second-order valence-electron chi connectivity index (χ2n) is 5.52. The summed E-state index contributed by atoms with van der Waals surface area (Å²) in [5.74, 6) is 0. The first-order valence-electron chi connectivity index (χ1n) is 7.32. The van der Waals surface area contributed by atoms with Gasteiger partial charge in [-0.05, 0) is 50.2 Å². The van der Waals surface area contributed by atoms with Crippen LogP contribution in [-0.2, 0) is 0 Å². The van der Waals surface area contributed by atoms with Crippen molar-refractivity contribution in [2.24, 2.45) is 0 Å². The summed E-state index contributed by atoms with van der Waals surface area (Å²) in [6.07, 6.45) is 2.63. The van der Waals surface area contributed by atoms with Crippen LogP contribution in [0.25, 0.3) is 0 Å². The summed E-state index contributed by atoms with van der Waals surface area (Å²) >= 11 is 4.35. The largest absolute Gasteiger partial charge is 0.369 e. The lowest BCUT2D eigenvalue weighted by atomic mass is 10.0. The molecule has 4 heteroatoms. The van der Waals surface area contributed by atoms with Gasteiger partial charge in [-0.25, -0.2) is 0 Å². The van der Waals surface area contributed by atoms with Crippen LogP contribution in [0.2, 0.25) is 0 Å². The van der Waals surface area contributed by atoms with Gasteiger partial charge in [0, 0.05) is 42.8 Å². The van der Waals surface area contributed by atoms with Crippen LogP contribution in [0.3, 0.4) is 0 Å². The molecule has 1 N–H and O–H groups in total. The van der Waals surface area contributed by atoms with Crippen molar-refractivity contribution in [2.45, 2.75) is 23.8 Å². The van der Waals surface area contributed by atoms with Crippen molar-refractivity contribution in [1.82, 2.24) is 10.2 Å². The highest BCUT2D eigenvalue weighted by Crippen LogP contribution is 2.21. The number of nitrogens with one attached hydrogen (secondary N) is 1. The zero-order valence-electron chi connectivity index (χ0n) is 11.4. The maximum absolute atomic E-state index is 4.35. The average Bonchev–Trinajstić information content (AvgIpc) is 2.49. The summed E-state index contributed by atoms with van der Waals surface area (Å²) in [6.45, 7) is 7.08. The van der Waals surface area contributed by atoms with Gasteiger partial charge in [-0.15, -0.1) is 12.6 Å². The predicted molar refractivity (Wildman–Crippen MR) is 83.4 cm³/mol. The summed E-state index contributed by atoms with van der Waals surface area (Å²) in [5, 5.41) is 3.45. The molecule has 0 atom stereocenters. The quantitative estimate of drug-likeness (QED) is 0.805. The van der Waals surface area contributed by atoms with Crippen LogP contribution in [0.4, 0.5) is 5.69 Å². The number of nitrogens with zero attached hydrogens (tertiary/aromatic N) is 2. The van der Waals surface area contributed by atoms with Gasteiger partial charge in [0.05, 0.1) is 0 Å². The Morgan fingerprint density at radius 3 is 2.21 bits per heavy atom. The summed E-state index contributed by atoms with van der Waals surface area (Å²) in [6, 6.07) is 9.34. The number of piperazine rings is 1. The SMILES string of the molecule is Sc1ccc(N2CCN(C3CCNCC3)CC2)cc1. The van der Waals surface area contributed by atoms with Gasteiger partial charge in [-0.3, -0.25) is 4.90 Å². The average molecular weight is 277 g/mol. The van der Waals surface area contributed by atoms with E-state index in [0.717, 1.165) is 24.0 Å². The lowest BCUT2D eigenvalue weighted by molar-refractivity contribution is 0.153. The second-order valence-corrected chi connectivity index (χ2v) is 6.04. The zero-order valence-corrected chi connectivity index (χ0v) is 12.3. The van der Waals surface area contributed by atoms with E-state index >= 15 is 0 Å². The number of hydrogen-bond acceptors (Lipinski definition) is 4. The fourth-order valence-electron chi connectivity index (χ4n) is 3.18. The number of hydrogen-bond donors (Lipinski definition) is 2. The molecule has 2 aliphatic heterocycles. The smallest absolute Gasteiger partial charge is 0.0367 e. The third-order valence-corrected chi connectivity index (χ3v) is 4.65. The van der Waals surface area contributed by atoms with Gasteiger partial charge in [0.1, 0.15) is 0 Å². The van der Waals surface area contributed by atoms with Crippen molar-refractivity contribution >= 4 is 18.3 Å². The van der Waals surface area contributed by atoms with E-state index in [2.05, 4.69) is 52.0 Å². The van der Waals surface area contributed by atoms with E-state index in [1.54, 1.807) is 0 Å². The van der Waals surface area contributed by atoms with E-state index in [-0.39, 0.29) is 0 Å². The molecule has 2 aliphatic rings. The van der Waals surface area contributed by atoms with Gasteiger partial charge >= 0.3 is 0 Å². The minimum atomic E-state index is 0.809. The molecule has 0 bridgehead atoms. The monoisotopic (exact) mass is 277 g/mol. The predicted octanol–water partition coefficient (Wildman–Crippen LogP) is 1.85. The van der Waals surface area contributed by atoms with E-state index in [0.29, 0.717) is 0 Å². The first-order chi connectivity index (χ1) is 9.33. The zero-order chi connectivity index (χ0) is 13.1. The Morgan fingerprint density at radius 1 is 0.947 bits per heavy atom. The number of piperidine rings is 1. The lowest BCUT2D eigenvalue weighted by Crippen LogP contribution is -2.52. The van der Waals surface area contributed by atoms with Gasteiger partial charge in [0.25, 0.3) is 0 Å². The topological polar surface area (TPSA) is 18.5 Å². The van der Waals surface area contributed by atoms with Gasteiger partial charge in [0.2, 0.25) is 0 Å². The van der Waals surface area contributed by atoms with Crippen molar-refractivity contribution in [3.63, 3.8) is 0 Å². The first kappa shape index (κ1) is 13.3. The molecule has 2 heterocycles. The maximum Gasteiger partial charge on any atom is 0.0367 e. The van der Waals surface area contributed by atoms with Crippen molar-refractivity contribution < 1.29 is 0 Å². The molecule has 0 amide bonds. The highest BCUT2D eigenvalue weighted by Gasteiger charge is 2.24. The fourth-order valence-corrected chi connectivity index (χ4v) is 3.33. The Labute approximate surface area is 121 Å². The van der Waals surface area contributed by atoms with E-state index in [1.807, 2.05) is 0 Å². The minimum absolute atomic E-state index is 0.809. The number of anilines is 1. The van der Waals surface area contributed by atoms with Crippen LogP contribution in [0, 0.1) is 0 Å². The molecule has 3 nitrogen and oxygen atoms in total. The molecule has 2 fully saturated rings. The molecule has 0 radical (unpaired) electrons. The Balaban J connectivity index is 1.55.